The van der Waals surface area contributed by atoms with E-state index in [0.717, 1.165) is 41.2 Å². The Bertz CT molecular complexity index is 1120. The molecule has 3 aromatic carbocycles. The van der Waals surface area contributed by atoms with Gasteiger partial charge in [-0.25, -0.2) is 0 Å². The van der Waals surface area contributed by atoms with Crippen LogP contribution in [0.25, 0.3) is 10.8 Å². The number of hydrogen-bond donors (Lipinski definition) is 0. The van der Waals surface area contributed by atoms with Crippen molar-refractivity contribution < 1.29 is 9.53 Å². The molecule has 4 heteroatoms. The third kappa shape index (κ3) is 3.77. The summed E-state index contributed by atoms with van der Waals surface area (Å²) in [6.45, 7) is 3.22. The standard InChI is InChI=1S/C27H28N2O2/c1-27(19-28,26(30)29-17-8-3-9-18-29)25(23-14-6-7-16-24(23)31-2)22-15-10-12-20-11-4-5-13-21(20)22/h4-7,10-16,25H,3,8-9,17-18H2,1-2H3/t25-,27+/m0/s1. The van der Waals surface area contributed by atoms with Gasteiger partial charge < -0.3 is 9.64 Å². The van der Waals surface area contributed by atoms with Crippen molar-refractivity contribution in [1.29, 1.82) is 5.26 Å². The largest absolute Gasteiger partial charge is 0.496 e. The number of piperidine rings is 1. The number of fused-ring (bicyclic) bond motifs is 1. The topological polar surface area (TPSA) is 53.3 Å². The van der Waals surface area contributed by atoms with E-state index < -0.39 is 11.3 Å². The average molecular weight is 413 g/mol. The van der Waals surface area contributed by atoms with Crippen LogP contribution in [-0.4, -0.2) is 31.0 Å². The molecular weight excluding hydrogens is 384 g/mol. The van der Waals surface area contributed by atoms with Gasteiger partial charge in [0.1, 0.15) is 11.2 Å². The minimum absolute atomic E-state index is 0.0986. The Balaban J connectivity index is 1.96. The Labute approximate surface area is 184 Å². The Morgan fingerprint density at radius 3 is 2.35 bits per heavy atom. The molecule has 0 N–H and O–H groups in total. The number of para-hydroxylation sites is 1. The predicted octanol–water partition coefficient (Wildman–Crippen LogP) is 5.52. The first-order chi connectivity index (χ1) is 15.1. The van der Waals surface area contributed by atoms with Crippen LogP contribution in [0, 0.1) is 16.7 Å². The van der Waals surface area contributed by atoms with E-state index in [4.69, 9.17) is 4.74 Å². The molecule has 1 amide bonds. The Morgan fingerprint density at radius 2 is 1.61 bits per heavy atom. The van der Waals surface area contributed by atoms with Gasteiger partial charge in [0.25, 0.3) is 0 Å². The Morgan fingerprint density at radius 1 is 0.968 bits per heavy atom. The molecule has 0 unspecified atom stereocenters. The van der Waals surface area contributed by atoms with E-state index in [-0.39, 0.29) is 5.91 Å². The van der Waals surface area contributed by atoms with Crippen LogP contribution in [0.15, 0.2) is 66.7 Å². The van der Waals surface area contributed by atoms with Gasteiger partial charge in [0.2, 0.25) is 5.91 Å². The maximum absolute atomic E-state index is 13.8. The third-order valence-corrected chi connectivity index (χ3v) is 6.48. The van der Waals surface area contributed by atoms with Gasteiger partial charge in [-0.15, -0.1) is 0 Å². The van der Waals surface area contributed by atoms with Crippen molar-refractivity contribution in [2.75, 3.05) is 20.2 Å². The highest BCUT2D eigenvalue weighted by Gasteiger charge is 2.47. The van der Waals surface area contributed by atoms with Gasteiger partial charge >= 0.3 is 0 Å². The van der Waals surface area contributed by atoms with Crippen molar-refractivity contribution in [3.8, 4) is 11.8 Å². The number of rotatable bonds is 5. The molecule has 0 aromatic heterocycles. The van der Waals surface area contributed by atoms with Crippen molar-refractivity contribution in [3.05, 3.63) is 77.9 Å². The first-order valence-electron chi connectivity index (χ1n) is 10.9. The zero-order valence-electron chi connectivity index (χ0n) is 18.2. The Kier molecular flexibility index (Phi) is 5.95. The minimum atomic E-state index is -1.27. The van der Waals surface area contributed by atoms with Crippen molar-refractivity contribution >= 4 is 16.7 Å². The number of carbonyl (C=O) groups is 1. The number of carbonyl (C=O) groups excluding carboxylic acids is 1. The van der Waals surface area contributed by atoms with Crippen molar-refractivity contribution in [2.45, 2.75) is 32.1 Å². The number of likely N-dealkylation sites (tertiary alicyclic amines) is 1. The number of methoxy groups -OCH3 is 1. The molecule has 1 heterocycles. The van der Waals surface area contributed by atoms with E-state index in [1.807, 2.05) is 53.4 Å². The summed E-state index contributed by atoms with van der Waals surface area (Å²) in [7, 11) is 1.63. The normalized spacial score (nSPS) is 16.9. The van der Waals surface area contributed by atoms with Gasteiger partial charge in [0.05, 0.1) is 13.2 Å². The van der Waals surface area contributed by atoms with Gasteiger partial charge in [-0.2, -0.15) is 5.26 Å². The van der Waals surface area contributed by atoms with Crippen LogP contribution < -0.4 is 4.74 Å². The number of nitriles is 1. The van der Waals surface area contributed by atoms with E-state index in [2.05, 4.69) is 24.3 Å². The minimum Gasteiger partial charge on any atom is -0.496 e. The van der Waals surface area contributed by atoms with Crippen LogP contribution in [0.3, 0.4) is 0 Å². The highest BCUT2D eigenvalue weighted by atomic mass is 16.5. The highest BCUT2D eigenvalue weighted by molar-refractivity contribution is 5.91. The summed E-state index contributed by atoms with van der Waals surface area (Å²) >= 11 is 0. The number of amides is 1. The van der Waals surface area contributed by atoms with Crippen LogP contribution in [0.1, 0.15) is 43.2 Å². The van der Waals surface area contributed by atoms with Gasteiger partial charge in [-0.3, -0.25) is 4.79 Å². The molecule has 31 heavy (non-hydrogen) atoms. The van der Waals surface area contributed by atoms with E-state index >= 15 is 0 Å². The van der Waals surface area contributed by atoms with Crippen molar-refractivity contribution in [2.24, 2.45) is 5.41 Å². The molecule has 1 fully saturated rings. The SMILES string of the molecule is COc1ccccc1[C@H](c1cccc2ccccc12)[C@@](C)(C#N)C(=O)N1CCCCC1. The molecule has 4 nitrogen and oxygen atoms in total. The highest BCUT2D eigenvalue weighted by Crippen LogP contribution is 2.47. The number of ether oxygens (including phenoxy) is 1. The maximum Gasteiger partial charge on any atom is 0.243 e. The molecule has 1 saturated heterocycles. The summed E-state index contributed by atoms with van der Waals surface area (Å²) in [6, 6.07) is 24.4. The zero-order chi connectivity index (χ0) is 21.8. The van der Waals surface area contributed by atoms with Crippen LogP contribution in [0.4, 0.5) is 0 Å². The van der Waals surface area contributed by atoms with Crippen LogP contribution in [-0.2, 0) is 4.79 Å². The second kappa shape index (κ2) is 8.81. The fourth-order valence-electron chi connectivity index (χ4n) is 4.86. The summed E-state index contributed by atoms with van der Waals surface area (Å²) in [5.41, 5.74) is 0.559. The molecule has 0 saturated carbocycles. The van der Waals surface area contributed by atoms with Crippen molar-refractivity contribution in [3.63, 3.8) is 0 Å². The predicted molar refractivity (Wildman–Crippen MR) is 123 cm³/mol. The summed E-state index contributed by atoms with van der Waals surface area (Å²) in [6.07, 6.45) is 3.11. The van der Waals surface area contributed by atoms with Crippen LogP contribution >= 0.6 is 0 Å². The van der Waals surface area contributed by atoms with Crippen molar-refractivity contribution in [1.82, 2.24) is 4.90 Å². The van der Waals surface area contributed by atoms with Gasteiger partial charge in [-0.05, 0) is 48.6 Å². The lowest BCUT2D eigenvalue weighted by atomic mass is 9.68. The summed E-state index contributed by atoms with van der Waals surface area (Å²) < 4.78 is 5.69. The second-order valence-electron chi connectivity index (χ2n) is 8.41. The fraction of sp³-hybridized carbons (Fsp3) is 0.333. The number of nitrogens with zero attached hydrogens (tertiary/aromatic N) is 2. The molecule has 0 spiro atoms. The summed E-state index contributed by atoms with van der Waals surface area (Å²) in [5, 5.41) is 12.6. The van der Waals surface area contributed by atoms with Gasteiger partial charge in [0, 0.05) is 24.6 Å². The van der Waals surface area contributed by atoms with Crippen LogP contribution in [0.5, 0.6) is 5.75 Å². The monoisotopic (exact) mass is 412 g/mol. The zero-order valence-corrected chi connectivity index (χ0v) is 18.2. The third-order valence-electron chi connectivity index (χ3n) is 6.48. The molecule has 0 aliphatic carbocycles. The lowest BCUT2D eigenvalue weighted by Gasteiger charge is -2.38. The first kappa shape index (κ1) is 20.9. The fourth-order valence-corrected chi connectivity index (χ4v) is 4.86. The molecule has 4 rings (SSSR count). The molecule has 1 aliphatic heterocycles. The molecule has 0 bridgehead atoms. The van der Waals surface area contributed by atoms with E-state index in [1.54, 1.807) is 14.0 Å². The quantitative estimate of drug-likeness (QED) is 0.554. The molecule has 1 aliphatic rings. The molecule has 158 valence electrons. The maximum atomic E-state index is 13.8. The van der Waals surface area contributed by atoms with E-state index in [1.165, 1.54) is 0 Å². The first-order valence-corrected chi connectivity index (χ1v) is 10.9. The van der Waals surface area contributed by atoms with Crippen LogP contribution in [0.2, 0.25) is 0 Å². The number of hydrogen-bond acceptors (Lipinski definition) is 3. The molecule has 2 atom stereocenters. The lowest BCUT2D eigenvalue weighted by Crippen LogP contribution is -2.47. The van der Waals surface area contributed by atoms with E-state index in [9.17, 15) is 10.1 Å². The molecule has 0 radical (unpaired) electrons. The van der Waals surface area contributed by atoms with Gasteiger partial charge in [0.15, 0.2) is 0 Å². The lowest BCUT2D eigenvalue weighted by molar-refractivity contribution is -0.139. The summed E-state index contributed by atoms with van der Waals surface area (Å²) in [5.74, 6) is 0.126. The second-order valence-corrected chi connectivity index (χ2v) is 8.41. The molecule has 3 aromatic rings. The number of benzene rings is 3. The smallest absolute Gasteiger partial charge is 0.243 e. The average Bonchev–Trinajstić information content (AvgIpc) is 2.84. The van der Waals surface area contributed by atoms with E-state index in [0.29, 0.717) is 18.8 Å². The summed E-state index contributed by atoms with van der Waals surface area (Å²) in [4.78, 5) is 15.7. The Hall–Kier alpha value is -3.32. The van der Waals surface area contributed by atoms with Gasteiger partial charge in [-0.1, -0.05) is 60.7 Å². The molecular formula is C27H28N2O2.